The minimum absolute atomic E-state index is 0.0810. The average Bonchev–Trinajstić information content (AvgIpc) is 2.76. The standard InChI is InChI=1S/C24H25N3O2/c25-20-11-12-22(27-13-15-29-16-14-27)21(17-20)26-24(28)23(18-7-3-1-4-8-18)19-9-5-2-6-10-19/h1-12,17,23H,13-16,25H2,(H,26,28). The van der Waals surface area contributed by atoms with Crippen LogP contribution in [0.5, 0.6) is 0 Å². The van der Waals surface area contributed by atoms with Crippen LogP contribution in [-0.2, 0) is 9.53 Å². The Bertz CT molecular complexity index is 915. The highest BCUT2D eigenvalue weighted by molar-refractivity contribution is 6.01. The highest BCUT2D eigenvalue weighted by Gasteiger charge is 2.24. The highest BCUT2D eigenvalue weighted by Crippen LogP contribution is 2.32. The second kappa shape index (κ2) is 8.80. The molecule has 0 bridgehead atoms. The number of nitrogens with one attached hydrogen (secondary N) is 1. The Morgan fingerprint density at radius 1 is 0.897 bits per heavy atom. The van der Waals surface area contributed by atoms with Crippen molar-refractivity contribution in [2.24, 2.45) is 0 Å². The maximum atomic E-state index is 13.5. The fraction of sp³-hybridized carbons (Fsp3) is 0.208. The van der Waals surface area contributed by atoms with Gasteiger partial charge in [-0.15, -0.1) is 0 Å². The monoisotopic (exact) mass is 387 g/mol. The van der Waals surface area contributed by atoms with E-state index in [1.807, 2.05) is 78.9 Å². The smallest absolute Gasteiger partial charge is 0.236 e. The first-order chi connectivity index (χ1) is 14.2. The first-order valence-corrected chi connectivity index (χ1v) is 9.85. The molecule has 0 spiro atoms. The summed E-state index contributed by atoms with van der Waals surface area (Å²) in [5.74, 6) is -0.487. The van der Waals surface area contributed by atoms with Crippen LogP contribution in [0.1, 0.15) is 17.0 Å². The van der Waals surface area contributed by atoms with E-state index in [0.717, 1.165) is 35.6 Å². The number of nitrogens with two attached hydrogens (primary N) is 1. The zero-order valence-corrected chi connectivity index (χ0v) is 16.3. The summed E-state index contributed by atoms with van der Waals surface area (Å²) in [5.41, 5.74) is 10.3. The number of hydrogen-bond donors (Lipinski definition) is 2. The lowest BCUT2D eigenvalue weighted by Gasteiger charge is -2.31. The van der Waals surface area contributed by atoms with Crippen LogP contribution in [0.15, 0.2) is 78.9 Å². The molecule has 4 rings (SSSR count). The van der Waals surface area contributed by atoms with Crippen LogP contribution in [0, 0.1) is 0 Å². The summed E-state index contributed by atoms with van der Waals surface area (Å²) in [7, 11) is 0. The lowest BCUT2D eigenvalue weighted by atomic mass is 9.90. The predicted molar refractivity (Wildman–Crippen MR) is 117 cm³/mol. The Balaban J connectivity index is 1.67. The number of amides is 1. The number of anilines is 3. The number of carbonyl (C=O) groups excluding carboxylic acids is 1. The van der Waals surface area contributed by atoms with Crippen molar-refractivity contribution in [2.45, 2.75) is 5.92 Å². The van der Waals surface area contributed by atoms with Crippen LogP contribution in [0.4, 0.5) is 17.1 Å². The molecular weight excluding hydrogens is 362 g/mol. The molecular formula is C24H25N3O2. The van der Waals surface area contributed by atoms with Gasteiger partial charge in [-0.3, -0.25) is 4.79 Å². The quantitative estimate of drug-likeness (QED) is 0.652. The molecule has 5 nitrogen and oxygen atoms in total. The number of carbonyl (C=O) groups is 1. The summed E-state index contributed by atoms with van der Waals surface area (Å²) >= 11 is 0. The van der Waals surface area contributed by atoms with E-state index in [4.69, 9.17) is 10.5 Å². The predicted octanol–water partition coefficient (Wildman–Crippen LogP) is 3.88. The summed E-state index contributed by atoms with van der Waals surface area (Å²) in [6.07, 6.45) is 0. The van der Waals surface area contributed by atoms with E-state index in [1.165, 1.54) is 0 Å². The van der Waals surface area contributed by atoms with Crippen molar-refractivity contribution in [2.75, 3.05) is 42.3 Å². The van der Waals surface area contributed by atoms with Crippen LogP contribution >= 0.6 is 0 Å². The van der Waals surface area contributed by atoms with Gasteiger partial charge in [-0.2, -0.15) is 0 Å². The van der Waals surface area contributed by atoms with Crippen LogP contribution in [-0.4, -0.2) is 32.2 Å². The first kappa shape index (κ1) is 19.0. The van der Waals surface area contributed by atoms with Gasteiger partial charge < -0.3 is 20.7 Å². The minimum Gasteiger partial charge on any atom is -0.399 e. The third-order valence-electron chi connectivity index (χ3n) is 5.16. The number of ether oxygens (including phenoxy) is 1. The van der Waals surface area contributed by atoms with Gasteiger partial charge in [0, 0.05) is 18.8 Å². The maximum absolute atomic E-state index is 13.5. The van der Waals surface area contributed by atoms with Crippen molar-refractivity contribution >= 4 is 23.0 Å². The zero-order valence-electron chi connectivity index (χ0n) is 16.3. The van der Waals surface area contributed by atoms with Gasteiger partial charge in [0.05, 0.1) is 30.5 Å². The molecule has 3 aromatic rings. The SMILES string of the molecule is Nc1ccc(N2CCOCC2)c(NC(=O)C(c2ccccc2)c2ccccc2)c1. The molecule has 3 aromatic carbocycles. The van der Waals surface area contributed by atoms with E-state index in [0.29, 0.717) is 18.9 Å². The molecule has 5 heteroatoms. The zero-order chi connectivity index (χ0) is 20.1. The normalized spacial score (nSPS) is 14.0. The Morgan fingerprint density at radius 3 is 2.07 bits per heavy atom. The van der Waals surface area contributed by atoms with Crippen LogP contribution in [0.2, 0.25) is 0 Å². The lowest BCUT2D eigenvalue weighted by molar-refractivity contribution is -0.116. The molecule has 0 aliphatic carbocycles. The van der Waals surface area contributed by atoms with Crippen molar-refractivity contribution in [1.29, 1.82) is 0 Å². The Kier molecular flexibility index (Phi) is 5.77. The van der Waals surface area contributed by atoms with Gasteiger partial charge in [0.15, 0.2) is 0 Å². The van der Waals surface area contributed by atoms with E-state index in [9.17, 15) is 4.79 Å². The molecule has 3 N–H and O–H groups in total. The Labute approximate surface area is 171 Å². The molecule has 0 aromatic heterocycles. The molecule has 1 aliphatic heterocycles. The molecule has 148 valence electrons. The average molecular weight is 387 g/mol. The van der Waals surface area contributed by atoms with Gasteiger partial charge in [-0.1, -0.05) is 60.7 Å². The molecule has 29 heavy (non-hydrogen) atoms. The Hall–Kier alpha value is -3.31. The van der Waals surface area contributed by atoms with E-state index in [-0.39, 0.29) is 5.91 Å². The van der Waals surface area contributed by atoms with Crippen molar-refractivity contribution in [3.05, 3.63) is 90.0 Å². The molecule has 1 heterocycles. The van der Waals surface area contributed by atoms with Gasteiger partial charge in [0.2, 0.25) is 5.91 Å². The lowest BCUT2D eigenvalue weighted by Crippen LogP contribution is -2.37. The molecule has 1 aliphatic rings. The molecule has 1 saturated heterocycles. The minimum atomic E-state index is -0.406. The van der Waals surface area contributed by atoms with Crippen LogP contribution in [0.3, 0.4) is 0 Å². The topological polar surface area (TPSA) is 67.6 Å². The maximum Gasteiger partial charge on any atom is 0.236 e. The van der Waals surface area contributed by atoms with Gasteiger partial charge in [0.1, 0.15) is 0 Å². The van der Waals surface area contributed by atoms with Gasteiger partial charge in [-0.05, 0) is 29.3 Å². The largest absolute Gasteiger partial charge is 0.399 e. The number of nitrogens with zero attached hydrogens (tertiary/aromatic N) is 1. The van der Waals surface area contributed by atoms with Crippen molar-refractivity contribution in [3.63, 3.8) is 0 Å². The second-order valence-corrected chi connectivity index (χ2v) is 7.12. The third kappa shape index (κ3) is 4.41. The molecule has 1 amide bonds. The second-order valence-electron chi connectivity index (χ2n) is 7.12. The van der Waals surface area contributed by atoms with E-state index < -0.39 is 5.92 Å². The van der Waals surface area contributed by atoms with E-state index in [2.05, 4.69) is 10.2 Å². The fourth-order valence-electron chi connectivity index (χ4n) is 3.72. The van der Waals surface area contributed by atoms with Gasteiger partial charge >= 0.3 is 0 Å². The number of benzene rings is 3. The van der Waals surface area contributed by atoms with Gasteiger partial charge in [-0.25, -0.2) is 0 Å². The van der Waals surface area contributed by atoms with E-state index >= 15 is 0 Å². The van der Waals surface area contributed by atoms with Crippen LogP contribution in [0.25, 0.3) is 0 Å². The molecule has 0 atom stereocenters. The van der Waals surface area contributed by atoms with E-state index in [1.54, 1.807) is 0 Å². The first-order valence-electron chi connectivity index (χ1n) is 9.85. The molecule has 0 radical (unpaired) electrons. The van der Waals surface area contributed by atoms with Crippen molar-refractivity contribution in [3.8, 4) is 0 Å². The van der Waals surface area contributed by atoms with Crippen molar-refractivity contribution < 1.29 is 9.53 Å². The summed E-state index contributed by atoms with van der Waals surface area (Å²) in [6.45, 7) is 2.92. The number of nitrogen functional groups attached to an aromatic ring is 1. The Morgan fingerprint density at radius 2 is 1.48 bits per heavy atom. The number of morpholine rings is 1. The molecule has 0 saturated carbocycles. The summed E-state index contributed by atoms with van der Waals surface area (Å²) in [5, 5.41) is 3.14. The summed E-state index contributed by atoms with van der Waals surface area (Å²) in [4.78, 5) is 15.7. The molecule has 1 fully saturated rings. The summed E-state index contributed by atoms with van der Waals surface area (Å²) < 4.78 is 5.47. The molecule has 0 unspecified atom stereocenters. The fourth-order valence-corrected chi connectivity index (χ4v) is 3.72. The van der Waals surface area contributed by atoms with Gasteiger partial charge in [0.25, 0.3) is 0 Å². The third-order valence-corrected chi connectivity index (χ3v) is 5.16. The summed E-state index contributed by atoms with van der Waals surface area (Å²) in [6, 6.07) is 25.3. The van der Waals surface area contributed by atoms with Crippen LogP contribution < -0.4 is 16.0 Å². The highest BCUT2D eigenvalue weighted by atomic mass is 16.5. The van der Waals surface area contributed by atoms with Crippen molar-refractivity contribution in [1.82, 2.24) is 0 Å². The number of rotatable bonds is 5. The number of hydrogen-bond acceptors (Lipinski definition) is 4.